The number of ether oxygens (including phenoxy) is 2. The summed E-state index contributed by atoms with van der Waals surface area (Å²) in [6, 6.07) is 11.0. The molecular formula is C35H46ClN3O7S. The Kier molecular flexibility index (Phi) is 12.2. The van der Waals surface area contributed by atoms with E-state index >= 15 is 0 Å². The normalized spacial score (nSPS) is 25.4. The first-order valence-electron chi connectivity index (χ1n) is 16.7. The van der Waals surface area contributed by atoms with Gasteiger partial charge in [0, 0.05) is 30.2 Å². The molecular weight excluding hydrogens is 642 g/mol. The standard InChI is InChI=1S/C35H46ClN3O7S/c1-2-29-8-3-4-9-32(46-23-34(41)37-16-18-40)30-14-11-26(30)21-39-17-6-5-7-24-19-28(36)13-10-27(24)22-45-33-15-12-25(20-31(33)39)35(42)38-47(29,43)44/h4,9-10,12-13,15,19-20,26,29-30,32,40H,2-3,5-8,11,14,16-18,21-23H2,1H3,(H,37,41)(H,38,42)/b9-4+/t26-,29+,30+,32-/m0/s1. The Labute approximate surface area is 282 Å². The molecule has 2 aromatic rings. The van der Waals surface area contributed by atoms with E-state index in [4.69, 9.17) is 26.2 Å². The van der Waals surface area contributed by atoms with Crippen LogP contribution in [0.25, 0.3) is 0 Å². The summed E-state index contributed by atoms with van der Waals surface area (Å²) >= 11 is 6.33. The maximum atomic E-state index is 13.4. The molecule has 1 fully saturated rings. The molecule has 1 saturated carbocycles. The van der Waals surface area contributed by atoms with Gasteiger partial charge in [-0.05, 0) is 105 Å². The summed E-state index contributed by atoms with van der Waals surface area (Å²) in [6.07, 6.45) is 9.34. The molecule has 4 atom stereocenters. The van der Waals surface area contributed by atoms with Gasteiger partial charge in [0.15, 0.2) is 0 Å². The summed E-state index contributed by atoms with van der Waals surface area (Å²) in [6.45, 7) is 3.40. The predicted octanol–water partition coefficient (Wildman–Crippen LogP) is 4.77. The van der Waals surface area contributed by atoms with Crippen molar-refractivity contribution in [2.24, 2.45) is 11.8 Å². The number of amides is 2. The van der Waals surface area contributed by atoms with E-state index in [-0.39, 0.29) is 49.2 Å². The number of aryl methyl sites for hydroxylation is 1. The van der Waals surface area contributed by atoms with Gasteiger partial charge in [-0.3, -0.25) is 9.59 Å². The van der Waals surface area contributed by atoms with Crippen LogP contribution in [0.2, 0.25) is 5.02 Å². The average Bonchev–Trinajstić information content (AvgIpc) is 3.06. The lowest BCUT2D eigenvalue weighted by molar-refractivity contribution is -0.129. The van der Waals surface area contributed by atoms with Crippen molar-refractivity contribution in [1.82, 2.24) is 10.0 Å². The number of anilines is 1. The van der Waals surface area contributed by atoms with E-state index in [1.54, 1.807) is 25.1 Å². The van der Waals surface area contributed by atoms with Crippen LogP contribution in [0.1, 0.15) is 73.4 Å². The fourth-order valence-electron chi connectivity index (χ4n) is 6.72. The Morgan fingerprint density at radius 1 is 1.15 bits per heavy atom. The van der Waals surface area contributed by atoms with Crippen molar-refractivity contribution in [2.45, 2.75) is 76.3 Å². The molecule has 2 aromatic carbocycles. The van der Waals surface area contributed by atoms with E-state index in [0.29, 0.717) is 49.7 Å². The molecule has 3 aliphatic rings. The third kappa shape index (κ3) is 9.07. The van der Waals surface area contributed by atoms with Crippen LogP contribution < -0.4 is 19.7 Å². The van der Waals surface area contributed by atoms with Gasteiger partial charge in [-0.25, -0.2) is 13.1 Å². The van der Waals surface area contributed by atoms with E-state index in [1.165, 1.54) is 0 Å². The Bertz CT molecular complexity index is 1550. The number of nitrogens with zero attached hydrogens (tertiary/aromatic N) is 1. The Morgan fingerprint density at radius 3 is 2.77 bits per heavy atom. The predicted molar refractivity (Wildman–Crippen MR) is 182 cm³/mol. The van der Waals surface area contributed by atoms with Crippen molar-refractivity contribution in [1.29, 1.82) is 0 Å². The van der Waals surface area contributed by atoms with Gasteiger partial charge >= 0.3 is 0 Å². The molecule has 0 saturated heterocycles. The number of aliphatic hydroxyl groups excluding tert-OH is 1. The SMILES string of the molecule is CC[C@@H]1CC/C=C/[C@H](OCC(=O)NCCO)[C@@H]2CC[C@H]2CN2CCCCc3cc(Cl)ccc3COc3ccc(cc32)C(=O)NS1(=O)=O. The highest BCUT2D eigenvalue weighted by Gasteiger charge is 2.38. The number of hydrogen-bond donors (Lipinski definition) is 3. The highest BCUT2D eigenvalue weighted by Crippen LogP contribution is 2.42. The van der Waals surface area contributed by atoms with Gasteiger partial charge in [-0.2, -0.15) is 0 Å². The number of nitrogens with one attached hydrogen (secondary N) is 2. The summed E-state index contributed by atoms with van der Waals surface area (Å²) < 4.78 is 41.6. The number of aliphatic hydroxyl groups is 1. The highest BCUT2D eigenvalue weighted by molar-refractivity contribution is 7.90. The molecule has 12 heteroatoms. The molecule has 2 bridgehead atoms. The second-order valence-corrected chi connectivity index (χ2v) is 15.0. The molecule has 5 rings (SSSR count). The second kappa shape index (κ2) is 16.3. The average molecular weight is 688 g/mol. The molecule has 0 spiro atoms. The fourth-order valence-corrected chi connectivity index (χ4v) is 8.34. The monoisotopic (exact) mass is 687 g/mol. The van der Waals surface area contributed by atoms with Crippen molar-refractivity contribution >= 4 is 39.1 Å². The van der Waals surface area contributed by atoms with Crippen molar-refractivity contribution in [3.05, 3.63) is 70.3 Å². The van der Waals surface area contributed by atoms with E-state index in [2.05, 4.69) is 14.9 Å². The van der Waals surface area contributed by atoms with Gasteiger partial charge in [0.25, 0.3) is 5.91 Å². The van der Waals surface area contributed by atoms with E-state index < -0.39 is 21.2 Å². The molecule has 0 aromatic heterocycles. The minimum Gasteiger partial charge on any atom is -0.487 e. The number of rotatable bonds is 6. The third-order valence-corrected chi connectivity index (χ3v) is 11.7. The number of carbonyl (C=O) groups excluding carboxylic acids is 2. The van der Waals surface area contributed by atoms with Crippen LogP contribution in [0.5, 0.6) is 5.75 Å². The lowest BCUT2D eigenvalue weighted by atomic mass is 9.70. The molecule has 1 aliphatic carbocycles. The van der Waals surface area contributed by atoms with Crippen LogP contribution in [-0.2, 0) is 32.6 Å². The van der Waals surface area contributed by atoms with Crippen molar-refractivity contribution in [3.8, 4) is 5.75 Å². The first-order chi connectivity index (χ1) is 22.7. The number of fused-ring (bicyclic) bond motifs is 3. The Morgan fingerprint density at radius 2 is 2.00 bits per heavy atom. The third-order valence-electron chi connectivity index (χ3n) is 9.54. The number of carbonyl (C=O) groups is 2. The summed E-state index contributed by atoms with van der Waals surface area (Å²) in [5.74, 6) is 0.0714. The number of hydrogen-bond acceptors (Lipinski definition) is 8. The fraction of sp³-hybridized carbons (Fsp3) is 0.543. The molecule has 256 valence electrons. The number of sulfonamides is 1. The number of halogens is 1. The van der Waals surface area contributed by atoms with Crippen LogP contribution in [0.15, 0.2) is 48.6 Å². The maximum Gasteiger partial charge on any atom is 0.264 e. The van der Waals surface area contributed by atoms with Crippen LogP contribution in [-0.4, -0.2) is 69.5 Å². The topological polar surface area (TPSA) is 134 Å². The van der Waals surface area contributed by atoms with E-state index in [9.17, 15) is 18.0 Å². The molecule has 47 heavy (non-hydrogen) atoms. The van der Waals surface area contributed by atoms with Crippen molar-refractivity contribution < 1.29 is 32.6 Å². The summed E-state index contributed by atoms with van der Waals surface area (Å²) in [7, 11) is -3.94. The zero-order valence-electron chi connectivity index (χ0n) is 27.0. The summed E-state index contributed by atoms with van der Waals surface area (Å²) in [4.78, 5) is 28.0. The smallest absolute Gasteiger partial charge is 0.264 e. The zero-order chi connectivity index (χ0) is 33.4. The molecule has 2 aliphatic heterocycles. The van der Waals surface area contributed by atoms with Gasteiger partial charge in [-0.15, -0.1) is 0 Å². The lowest BCUT2D eigenvalue weighted by Crippen LogP contribution is -2.45. The van der Waals surface area contributed by atoms with Gasteiger partial charge in [-0.1, -0.05) is 36.7 Å². The highest BCUT2D eigenvalue weighted by atomic mass is 35.5. The number of benzene rings is 2. The lowest BCUT2D eigenvalue weighted by Gasteiger charge is -2.44. The Hall–Kier alpha value is -3.12. The van der Waals surface area contributed by atoms with Gasteiger partial charge in [0.2, 0.25) is 15.9 Å². The first kappa shape index (κ1) is 35.2. The molecule has 2 heterocycles. The van der Waals surface area contributed by atoms with Crippen LogP contribution >= 0.6 is 11.6 Å². The largest absolute Gasteiger partial charge is 0.487 e. The molecule has 2 amide bonds. The van der Waals surface area contributed by atoms with Crippen LogP contribution in [0, 0.1) is 11.8 Å². The molecule has 3 N–H and O–H groups in total. The van der Waals surface area contributed by atoms with E-state index in [1.807, 2.05) is 30.4 Å². The second-order valence-electron chi connectivity index (χ2n) is 12.6. The number of allylic oxidation sites excluding steroid dienone is 1. The van der Waals surface area contributed by atoms with Crippen molar-refractivity contribution in [3.63, 3.8) is 0 Å². The van der Waals surface area contributed by atoms with Gasteiger partial charge in [0.05, 0.1) is 23.6 Å². The molecule has 0 radical (unpaired) electrons. The van der Waals surface area contributed by atoms with Gasteiger partial charge in [0.1, 0.15) is 19.0 Å². The molecule has 10 nitrogen and oxygen atoms in total. The summed E-state index contributed by atoms with van der Waals surface area (Å²) in [5, 5.41) is 11.7. The van der Waals surface area contributed by atoms with Crippen LogP contribution in [0.3, 0.4) is 0 Å². The van der Waals surface area contributed by atoms with Crippen molar-refractivity contribution in [2.75, 3.05) is 37.7 Å². The van der Waals surface area contributed by atoms with Gasteiger partial charge < -0.3 is 24.8 Å². The Balaban J connectivity index is 1.50. The minimum absolute atomic E-state index is 0.134. The minimum atomic E-state index is -3.94. The molecule has 0 unspecified atom stereocenters. The summed E-state index contributed by atoms with van der Waals surface area (Å²) in [5.41, 5.74) is 3.20. The quantitative estimate of drug-likeness (QED) is 0.370. The first-order valence-corrected chi connectivity index (χ1v) is 18.6. The zero-order valence-corrected chi connectivity index (χ0v) is 28.5. The van der Waals surface area contributed by atoms with E-state index in [0.717, 1.165) is 48.9 Å². The van der Waals surface area contributed by atoms with Crippen LogP contribution in [0.4, 0.5) is 5.69 Å². The maximum absolute atomic E-state index is 13.4.